The minimum Gasteiger partial charge on any atom is -0.352 e. The predicted octanol–water partition coefficient (Wildman–Crippen LogP) is 4.16. The first-order chi connectivity index (χ1) is 13.8. The van der Waals surface area contributed by atoms with Crippen LogP contribution in [-0.4, -0.2) is 31.7 Å². The highest BCUT2D eigenvalue weighted by Gasteiger charge is 2.32. The van der Waals surface area contributed by atoms with E-state index in [0.717, 1.165) is 11.1 Å². The number of carbonyl (C=O) groups excluding carboxylic acids is 1. The zero-order valence-electron chi connectivity index (χ0n) is 16.2. The molecule has 1 amide bonds. The van der Waals surface area contributed by atoms with Crippen LogP contribution in [-0.2, 0) is 27.1 Å². The molecule has 1 atom stereocenters. The SMILES string of the molecule is Cc1ccccc1CNC(=O)C1CCCN(S(=O)(=O)Cc2ccc(Cl)c(Cl)c2)C1. The normalized spacial score (nSPS) is 17.8. The van der Waals surface area contributed by atoms with E-state index in [1.54, 1.807) is 18.2 Å². The van der Waals surface area contributed by atoms with Crippen molar-refractivity contribution in [3.63, 3.8) is 0 Å². The maximum Gasteiger partial charge on any atom is 0.224 e. The van der Waals surface area contributed by atoms with Crippen molar-refractivity contribution in [1.82, 2.24) is 9.62 Å². The van der Waals surface area contributed by atoms with Crippen LogP contribution in [0.4, 0.5) is 0 Å². The fourth-order valence-electron chi connectivity index (χ4n) is 3.48. The number of carbonyl (C=O) groups is 1. The smallest absolute Gasteiger partial charge is 0.224 e. The molecule has 0 aromatic heterocycles. The zero-order chi connectivity index (χ0) is 21.0. The van der Waals surface area contributed by atoms with Crippen LogP contribution in [0.2, 0.25) is 10.0 Å². The molecule has 5 nitrogen and oxygen atoms in total. The van der Waals surface area contributed by atoms with Gasteiger partial charge in [-0.1, -0.05) is 53.5 Å². The van der Waals surface area contributed by atoms with Crippen molar-refractivity contribution in [3.8, 4) is 0 Å². The average molecular weight is 455 g/mol. The number of hydrogen-bond donors (Lipinski definition) is 1. The lowest BCUT2D eigenvalue weighted by atomic mass is 9.98. The number of piperidine rings is 1. The second kappa shape index (κ2) is 9.47. The van der Waals surface area contributed by atoms with Crippen LogP contribution in [0.1, 0.15) is 29.5 Å². The number of rotatable bonds is 6. The molecule has 1 fully saturated rings. The summed E-state index contributed by atoms with van der Waals surface area (Å²) in [5, 5.41) is 3.66. The molecule has 1 aliphatic heterocycles. The van der Waals surface area contributed by atoms with E-state index in [0.29, 0.717) is 41.5 Å². The first kappa shape index (κ1) is 22.1. The summed E-state index contributed by atoms with van der Waals surface area (Å²) in [7, 11) is -3.55. The van der Waals surface area contributed by atoms with E-state index in [1.807, 2.05) is 31.2 Å². The third-order valence-corrected chi connectivity index (χ3v) is 7.75. The van der Waals surface area contributed by atoms with Crippen molar-refractivity contribution in [2.75, 3.05) is 13.1 Å². The number of hydrogen-bond acceptors (Lipinski definition) is 3. The summed E-state index contributed by atoms with van der Waals surface area (Å²) >= 11 is 11.9. The van der Waals surface area contributed by atoms with Gasteiger partial charge in [-0.25, -0.2) is 12.7 Å². The average Bonchev–Trinajstić information content (AvgIpc) is 2.70. The Kier molecular flexibility index (Phi) is 7.22. The van der Waals surface area contributed by atoms with Gasteiger partial charge < -0.3 is 5.32 Å². The van der Waals surface area contributed by atoms with Gasteiger partial charge in [0, 0.05) is 19.6 Å². The summed E-state index contributed by atoms with van der Waals surface area (Å²) in [6.45, 7) is 3.06. The summed E-state index contributed by atoms with van der Waals surface area (Å²) in [5.74, 6) is -0.624. The van der Waals surface area contributed by atoms with Crippen LogP contribution >= 0.6 is 23.2 Å². The molecule has 1 unspecified atom stereocenters. The molecule has 1 N–H and O–H groups in total. The van der Waals surface area contributed by atoms with Gasteiger partial charge in [0.25, 0.3) is 0 Å². The largest absolute Gasteiger partial charge is 0.352 e. The standard InChI is InChI=1S/C21H24Cl2N2O3S/c1-15-5-2-3-6-17(15)12-24-21(26)18-7-4-10-25(13-18)29(27,28)14-16-8-9-19(22)20(23)11-16/h2-3,5-6,8-9,11,18H,4,7,10,12-14H2,1H3,(H,24,26). The van der Waals surface area contributed by atoms with Crippen LogP contribution in [0.5, 0.6) is 0 Å². The van der Waals surface area contributed by atoms with Crippen molar-refractivity contribution in [1.29, 1.82) is 0 Å². The number of aryl methyl sites for hydroxylation is 1. The number of nitrogens with zero attached hydrogens (tertiary/aromatic N) is 1. The van der Waals surface area contributed by atoms with Gasteiger partial charge in [0.1, 0.15) is 0 Å². The molecule has 0 aliphatic carbocycles. The minimum absolute atomic E-state index is 0.109. The summed E-state index contributed by atoms with van der Waals surface area (Å²) in [5.41, 5.74) is 2.74. The van der Waals surface area contributed by atoms with Crippen molar-refractivity contribution in [2.24, 2.45) is 5.92 Å². The molecule has 29 heavy (non-hydrogen) atoms. The van der Waals surface area contributed by atoms with Gasteiger partial charge in [-0.3, -0.25) is 4.79 Å². The predicted molar refractivity (Wildman–Crippen MR) is 116 cm³/mol. The number of nitrogens with one attached hydrogen (secondary N) is 1. The molecule has 0 spiro atoms. The molecule has 3 rings (SSSR count). The zero-order valence-corrected chi connectivity index (χ0v) is 18.5. The summed E-state index contributed by atoms with van der Waals surface area (Å²) in [6, 6.07) is 12.7. The van der Waals surface area contributed by atoms with E-state index in [9.17, 15) is 13.2 Å². The molecule has 1 aliphatic rings. The van der Waals surface area contributed by atoms with Gasteiger partial charge >= 0.3 is 0 Å². The lowest BCUT2D eigenvalue weighted by molar-refractivity contribution is -0.126. The highest BCUT2D eigenvalue weighted by atomic mass is 35.5. The van der Waals surface area contributed by atoms with E-state index in [-0.39, 0.29) is 24.1 Å². The summed E-state index contributed by atoms with van der Waals surface area (Å²) in [4.78, 5) is 12.6. The van der Waals surface area contributed by atoms with Crippen LogP contribution in [0.15, 0.2) is 42.5 Å². The Bertz CT molecular complexity index is 995. The van der Waals surface area contributed by atoms with Gasteiger partial charge in [0.2, 0.25) is 15.9 Å². The Morgan fingerprint density at radius 3 is 2.66 bits per heavy atom. The van der Waals surface area contributed by atoms with Crippen LogP contribution in [0.25, 0.3) is 0 Å². The molecule has 2 aromatic carbocycles. The van der Waals surface area contributed by atoms with Gasteiger partial charge in [-0.2, -0.15) is 0 Å². The van der Waals surface area contributed by atoms with Crippen LogP contribution in [0, 0.1) is 12.8 Å². The van der Waals surface area contributed by atoms with Gasteiger partial charge in [0.05, 0.1) is 21.7 Å². The summed E-state index contributed by atoms with van der Waals surface area (Å²) < 4.78 is 27.1. The lowest BCUT2D eigenvalue weighted by Gasteiger charge is -2.31. The van der Waals surface area contributed by atoms with Gasteiger partial charge in [-0.05, 0) is 48.6 Å². The number of benzene rings is 2. The number of halogens is 2. The molecule has 0 bridgehead atoms. The Morgan fingerprint density at radius 1 is 1.17 bits per heavy atom. The first-order valence-electron chi connectivity index (χ1n) is 9.50. The fourth-order valence-corrected chi connectivity index (χ4v) is 5.39. The maximum atomic E-state index is 12.9. The molecule has 1 saturated heterocycles. The Balaban J connectivity index is 1.62. The summed E-state index contributed by atoms with van der Waals surface area (Å²) in [6.07, 6.45) is 1.33. The van der Waals surface area contributed by atoms with Crippen molar-refractivity contribution >= 4 is 39.1 Å². The highest BCUT2D eigenvalue weighted by Crippen LogP contribution is 2.26. The third kappa shape index (κ3) is 5.72. The van der Waals surface area contributed by atoms with E-state index in [4.69, 9.17) is 23.2 Å². The monoisotopic (exact) mass is 454 g/mol. The number of sulfonamides is 1. The molecule has 0 radical (unpaired) electrons. The van der Waals surface area contributed by atoms with Gasteiger partial charge in [0.15, 0.2) is 0 Å². The minimum atomic E-state index is -3.55. The second-order valence-electron chi connectivity index (χ2n) is 7.35. The van der Waals surface area contributed by atoms with Crippen molar-refractivity contribution in [3.05, 3.63) is 69.2 Å². The molecule has 0 saturated carbocycles. The first-order valence-corrected chi connectivity index (χ1v) is 11.9. The van der Waals surface area contributed by atoms with Crippen molar-refractivity contribution < 1.29 is 13.2 Å². The number of amides is 1. The molecule has 8 heteroatoms. The molecule has 2 aromatic rings. The third-order valence-electron chi connectivity index (χ3n) is 5.20. The second-order valence-corrected chi connectivity index (χ2v) is 10.1. The van der Waals surface area contributed by atoms with E-state index >= 15 is 0 Å². The van der Waals surface area contributed by atoms with E-state index in [2.05, 4.69) is 5.32 Å². The molecular formula is C21H24Cl2N2O3S. The van der Waals surface area contributed by atoms with Crippen LogP contribution < -0.4 is 5.32 Å². The maximum absolute atomic E-state index is 12.9. The Labute approximate surface area is 182 Å². The topological polar surface area (TPSA) is 66.5 Å². The molecular weight excluding hydrogens is 431 g/mol. The van der Waals surface area contributed by atoms with Gasteiger partial charge in [-0.15, -0.1) is 0 Å². The van der Waals surface area contributed by atoms with Crippen LogP contribution in [0.3, 0.4) is 0 Å². The highest BCUT2D eigenvalue weighted by molar-refractivity contribution is 7.88. The molecule has 156 valence electrons. The quantitative estimate of drug-likeness (QED) is 0.712. The van der Waals surface area contributed by atoms with Crippen molar-refractivity contribution in [2.45, 2.75) is 32.1 Å². The van der Waals surface area contributed by atoms with E-state index < -0.39 is 10.0 Å². The Morgan fingerprint density at radius 2 is 1.93 bits per heavy atom. The Hall–Kier alpha value is -1.60. The lowest BCUT2D eigenvalue weighted by Crippen LogP contribution is -2.45. The fraction of sp³-hybridized carbons (Fsp3) is 0.381. The van der Waals surface area contributed by atoms with E-state index in [1.165, 1.54) is 4.31 Å². The molecule has 1 heterocycles.